The van der Waals surface area contributed by atoms with Crippen molar-refractivity contribution in [2.45, 2.75) is 48.0 Å². The van der Waals surface area contributed by atoms with E-state index in [4.69, 9.17) is 0 Å². The fourth-order valence-electron chi connectivity index (χ4n) is 3.45. The number of carbonyl (C=O) groups excluding carboxylic acids is 2. The van der Waals surface area contributed by atoms with Gasteiger partial charge in [-0.3, -0.25) is 9.59 Å². The van der Waals surface area contributed by atoms with Gasteiger partial charge in [-0.25, -0.2) is 0 Å². The van der Waals surface area contributed by atoms with Gasteiger partial charge in [-0.15, -0.1) is 22.7 Å². The Morgan fingerprint density at radius 3 is 1.22 bits per heavy atom. The lowest BCUT2D eigenvalue weighted by Crippen LogP contribution is -1.99. The maximum Gasteiger partial charge on any atom is 0.172 e. The molecule has 4 heteroatoms. The third-order valence-corrected chi connectivity index (χ3v) is 7.00. The Kier molecular flexibility index (Phi) is 3.93. The summed E-state index contributed by atoms with van der Waals surface area (Å²) in [5.74, 6) is -0.0618. The first-order valence-corrected chi connectivity index (χ1v) is 9.31. The lowest BCUT2D eigenvalue weighted by Gasteiger charge is -2.09. The van der Waals surface area contributed by atoms with Gasteiger partial charge in [-0.2, -0.15) is 0 Å². The van der Waals surface area contributed by atoms with Crippen LogP contribution < -0.4 is 0 Å². The zero-order valence-electron chi connectivity index (χ0n) is 14.3. The van der Waals surface area contributed by atoms with Gasteiger partial charge in [0.25, 0.3) is 0 Å². The van der Waals surface area contributed by atoms with Crippen molar-refractivity contribution in [1.82, 2.24) is 0 Å². The first-order chi connectivity index (χ1) is 10.7. The maximum absolute atomic E-state index is 12.6. The molecule has 0 amide bonds. The zero-order valence-corrected chi connectivity index (χ0v) is 16.0. The van der Waals surface area contributed by atoms with Gasteiger partial charge in [0, 0.05) is 41.8 Å². The highest BCUT2D eigenvalue weighted by atomic mass is 32.1. The van der Waals surface area contributed by atoms with E-state index in [9.17, 15) is 9.59 Å². The molecule has 0 aliphatic heterocycles. The molecule has 2 aromatic heterocycles. The Morgan fingerprint density at radius 1 is 0.609 bits per heavy atom. The molecule has 1 aliphatic carbocycles. The average Bonchev–Trinajstić information content (AvgIpc) is 2.96. The van der Waals surface area contributed by atoms with Crippen molar-refractivity contribution in [2.75, 3.05) is 0 Å². The van der Waals surface area contributed by atoms with Crippen LogP contribution in [0.3, 0.4) is 0 Å². The van der Waals surface area contributed by atoms with E-state index in [2.05, 4.69) is 13.8 Å². The minimum atomic E-state index is -0.0309. The highest BCUT2D eigenvalue weighted by Crippen LogP contribution is 2.44. The van der Waals surface area contributed by atoms with Crippen LogP contribution >= 0.6 is 22.7 Å². The lowest BCUT2D eigenvalue weighted by molar-refractivity contribution is -0.119. The number of allylic oxidation sites excluding steroid dienone is 2. The standard InChI is InChI=1S/C19H20O2S2/c1-8-10(3)22-12(5)16(8)18-14(20)7-15(21)19(18)17-9(2)11(4)23-13(17)6/h7H2,1-6H3. The predicted molar refractivity (Wildman–Crippen MR) is 98.5 cm³/mol. The quantitative estimate of drug-likeness (QED) is 0.709. The molecule has 0 N–H and O–H groups in total. The Bertz CT molecular complexity index is 819. The minimum Gasteiger partial charge on any atom is -0.294 e. The summed E-state index contributed by atoms with van der Waals surface area (Å²) in [7, 11) is 0. The van der Waals surface area contributed by atoms with E-state index < -0.39 is 0 Å². The Morgan fingerprint density at radius 2 is 0.957 bits per heavy atom. The van der Waals surface area contributed by atoms with Gasteiger partial charge in [0.1, 0.15) is 0 Å². The highest BCUT2D eigenvalue weighted by Gasteiger charge is 2.36. The Labute approximate surface area is 144 Å². The Balaban J connectivity index is 2.40. The fourth-order valence-corrected chi connectivity index (χ4v) is 5.60. The topological polar surface area (TPSA) is 34.1 Å². The van der Waals surface area contributed by atoms with Crippen LogP contribution in [0.1, 0.15) is 48.2 Å². The van der Waals surface area contributed by atoms with Crippen LogP contribution in [0.2, 0.25) is 0 Å². The molecule has 2 nitrogen and oxygen atoms in total. The van der Waals surface area contributed by atoms with E-state index in [1.807, 2.05) is 27.7 Å². The second-order valence-corrected chi connectivity index (χ2v) is 9.06. The molecule has 0 fully saturated rings. The van der Waals surface area contributed by atoms with Gasteiger partial charge in [-0.05, 0) is 52.7 Å². The van der Waals surface area contributed by atoms with Crippen molar-refractivity contribution in [3.63, 3.8) is 0 Å². The molecule has 0 atom stereocenters. The third-order valence-electron chi connectivity index (χ3n) is 4.75. The monoisotopic (exact) mass is 344 g/mol. The van der Waals surface area contributed by atoms with E-state index in [0.717, 1.165) is 32.0 Å². The number of Topliss-reactive ketones (excluding diaryl/α,β-unsaturated/α-hetero) is 2. The average molecular weight is 345 g/mol. The van der Waals surface area contributed by atoms with E-state index in [1.165, 1.54) is 9.75 Å². The van der Waals surface area contributed by atoms with Crippen LogP contribution in [-0.2, 0) is 9.59 Å². The fraction of sp³-hybridized carbons (Fsp3) is 0.368. The summed E-state index contributed by atoms with van der Waals surface area (Å²) in [4.78, 5) is 30.0. The first-order valence-electron chi connectivity index (χ1n) is 7.68. The van der Waals surface area contributed by atoms with E-state index in [0.29, 0.717) is 11.1 Å². The summed E-state index contributed by atoms with van der Waals surface area (Å²) in [6.45, 7) is 12.3. The molecule has 0 bridgehead atoms. The molecule has 1 aliphatic rings. The maximum atomic E-state index is 12.6. The predicted octanol–water partition coefficient (Wildman–Crippen LogP) is 5.11. The molecule has 0 saturated heterocycles. The van der Waals surface area contributed by atoms with Crippen molar-refractivity contribution in [1.29, 1.82) is 0 Å². The van der Waals surface area contributed by atoms with Gasteiger partial charge in [0.05, 0.1) is 6.42 Å². The molecule has 0 radical (unpaired) electrons. The second-order valence-electron chi connectivity index (χ2n) is 6.20. The number of carbonyl (C=O) groups is 2. The van der Waals surface area contributed by atoms with Crippen molar-refractivity contribution < 1.29 is 9.59 Å². The van der Waals surface area contributed by atoms with Gasteiger partial charge in [0.2, 0.25) is 0 Å². The molecular weight excluding hydrogens is 324 g/mol. The second kappa shape index (κ2) is 5.53. The summed E-state index contributed by atoms with van der Waals surface area (Å²) >= 11 is 3.40. The van der Waals surface area contributed by atoms with Gasteiger partial charge < -0.3 is 0 Å². The molecule has 3 rings (SSSR count). The Hall–Kier alpha value is -1.52. The van der Waals surface area contributed by atoms with Gasteiger partial charge >= 0.3 is 0 Å². The molecule has 0 saturated carbocycles. The van der Waals surface area contributed by atoms with Crippen LogP contribution in [0.15, 0.2) is 0 Å². The van der Waals surface area contributed by atoms with Crippen LogP contribution in [0.25, 0.3) is 11.1 Å². The number of thiophene rings is 2. The van der Waals surface area contributed by atoms with Gasteiger partial charge in [-0.1, -0.05) is 0 Å². The summed E-state index contributed by atoms with van der Waals surface area (Å²) in [6, 6.07) is 0. The van der Waals surface area contributed by atoms with Crippen LogP contribution in [0.5, 0.6) is 0 Å². The summed E-state index contributed by atoms with van der Waals surface area (Å²) < 4.78 is 0. The van der Waals surface area contributed by atoms with Crippen LogP contribution in [-0.4, -0.2) is 11.6 Å². The van der Waals surface area contributed by atoms with Crippen LogP contribution in [0, 0.1) is 41.5 Å². The summed E-state index contributed by atoms with van der Waals surface area (Å²) in [5, 5.41) is 0. The molecule has 120 valence electrons. The minimum absolute atomic E-state index is 0.00617. The third kappa shape index (κ3) is 2.36. The molecule has 0 aromatic carbocycles. The zero-order chi connectivity index (χ0) is 17.0. The van der Waals surface area contributed by atoms with Crippen molar-refractivity contribution in [2.24, 2.45) is 0 Å². The van der Waals surface area contributed by atoms with Crippen molar-refractivity contribution in [3.8, 4) is 0 Å². The number of rotatable bonds is 2. The first kappa shape index (κ1) is 16.3. The normalized spacial score (nSPS) is 15.2. The number of hydrogen-bond donors (Lipinski definition) is 0. The van der Waals surface area contributed by atoms with E-state index in [-0.39, 0.29) is 18.0 Å². The number of ketones is 2. The highest BCUT2D eigenvalue weighted by molar-refractivity contribution is 7.12. The molecular formula is C19H20O2S2. The molecule has 23 heavy (non-hydrogen) atoms. The van der Waals surface area contributed by atoms with Gasteiger partial charge in [0.15, 0.2) is 11.6 Å². The van der Waals surface area contributed by atoms with Crippen LogP contribution in [0.4, 0.5) is 0 Å². The SMILES string of the molecule is Cc1sc(C)c(C2=C(c3c(C)sc(C)c3C)C(=O)CC2=O)c1C. The van der Waals surface area contributed by atoms with E-state index in [1.54, 1.807) is 22.7 Å². The largest absolute Gasteiger partial charge is 0.294 e. The van der Waals surface area contributed by atoms with Crippen molar-refractivity contribution in [3.05, 3.63) is 41.8 Å². The number of aryl methyl sites for hydroxylation is 4. The molecule has 0 unspecified atom stereocenters. The lowest BCUT2D eigenvalue weighted by atomic mass is 9.92. The molecule has 0 spiro atoms. The number of hydrogen-bond acceptors (Lipinski definition) is 4. The summed E-state index contributed by atoms with van der Waals surface area (Å²) in [5.41, 5.74) is 5.54. The summed E-state index contributed by atoms with van der Waals surface area (Å²) in [6.07, 6.45) is 0.00617. The smallest absolute Gasteiger partial charge is 0.172 e. The molecule has 2 heterocycles. The molecule has 2 aromatic rings. The van der Waals surface area contributed by atoms with E-state index >= 15 is 0 Å². The van der Waals surface area contributed by atoms with Crippen molar-refractivity contribution >= 4 is 45.4 Å².